The lowest BCUT2D eigenvalue weighted by molar-refractivity contribution is -0.492. The fourth-order valence-corrected chi connectivity index (χ4v) is 5.04. The topological polar surface area (TPSA) is 27.7 Å². The first-order valence-corrected chi connectivity index (χ1v) is 8.57. The molecule has 3 nitrogen and oxygen atoms in total. The Morgan fingerprint density at radius 1 is 1.14 bits per heavy atom. The minimum atomic E-state index is -0.0831. The first-order chi connectivity index (χ1) is 9.92. The molecule has 0 bridgehead atoms. The molecule has 1 aliphatic carbocycles. The third-order valence-electron chi connectivity index (χ3n) is 6.88. The highest BCUT2D eigenvalue weighted by atomic mass is 16.7. The van der Waals surface area contributed by atoms with Gasteiger partial charge in [0, 0.05) is 5.92 Å². The second-order valence-corrected chi connectivity index (χ2v) is 7.42. The number of rotatable bonds is 4. The highest BCUT2D eigenvalue weighted by Crippen LogP contribution is 2.71. The Kier molecular flexibility index (Phi) is 3.65. The summed E-state index contributed by atoms with van der Waals surface area (Å²) in [6, 6.07) is 0. The third kappa shape index (κ3) is 1.74. The fourth-order valence-electron chi connectivity index (χ4n) is 5.04. The maximum Gasteiger partial charge on any atom is 0.167 e. The van der Waals surface area contributed by atoms with Crippen LogP contribution >= 0.6 is 0 Å². The first-order valence-electron chi connectivity index (χ1n) is 8.57. The Bertz CT molecular complexity index is 434. The summed E-state index contributed by atoms with van der Waals surface area (Å²) in [5.74, 6) is 1.64. The van der Waals surface area contributed by atoms with Gasteiger partial charge < -0.3 is 14.2 Å². The van der Waals surface area contributed by atoms with Gasteiger partial charge in [0.25, 0.3) is 0 Å². The van der Waals surface area contributed by atoms with E-state index in [1.807, 2.05) is 6.26 Å². The van der Waals surface area contributed by atoms with Crippen LogP contribution in [-0.2, 0) is 14.2 Å². The Hall–Kier alpha value is -0.540. The Morgan fingerprint density at radius 3 is 2.48 bits per heavy atom. The van der Waals surface area contributed by atoms with Crippen LogP contribution < -0.4 is 0 Å². The van der Waals surface area contributed by atoms with E-state index in [0.717, 1.165) is 12.8 Å². The van der Waals surface area contributed by atoms with Crippen molar-refractivity contribution in [2.24, 2.45) is 23.2 Å². The predicted molar refractivity (Wildman–Crippen MR) is 82.7 cm³/mol. The highest BCUT2D eigenvalue weighted by Gasteiger charge is 2.78. The molecular weight excluding hydrogens is 264 g/mol. The quantitative estimate of drug-likeness (QED) is 0.780. The second kappa shape index (κ2) is 4.99. The molecule has 0 aromatic carbocycles. The van der Waals surface area contributed by atoms with Crippen LogP contribution in [-0.4, -0.2) is 24.1 Å². The molecule has 0 aromatic heterocycles. The van der Waals surface area contributed by atoms with E-state index in [0.29, 0.717) is 17.8 Å². The van der Waals surface area contributed by atoms with E-state index >= 15 is 0 Å². The van der Waals surface area contributed by atoms with Crippen molar-refractivity contribution in [1.82, 2.24) is 0 Å². The maximum absolute atomic E-state index is 6.43. The normalized spacial score (nSPS) is 55.1. The van der Waals surface area contributed by atoms with Crippen molar-refractivity contribution in [1.29, 1.82) is 0 Å². The van der Waals surface area contributed by atoms with Crippen LogP contribution in [0.3, 0.4) is 0 Å². The molecule has 1 saturated heterocycles. The summed E-state index contributed by atoms with van der Waals surface area (Å²) in [5.41, 5.74) is 0.188. The monoisotopic (exact) mass is 294 g/mol. The van der Waals surface area contributed by atoms with Crippen molar-refractivity contribution in [3.8, 4) is 0 Å². The Balaban J connectivity index is 1.74. The second-order valence-electron chi connectivity index (χ2n) is 7.42. The zero-order valence-electron chi connectivity index (χ0n) is 14.3. The van der Waals surface area contributed by atoms with Crippen LogP contribution in [0.4, 0.5) is 0 Å². The third-order valence-corrected chi connectivity index (χ3v) is 6.88. The molecule has 0 aromatic rings. The van der Waals surface area contributed by atoms with Crippen LogP contribution in [0.1, 0.15) is 54.4 Å². The fraction of sp³-hybridized carbons (Fsp3) is 0.889. The summed E-state index contributed by atoms with van der Waals surface area (Å²) >= 11 is 0. The van der Waals surface area contributed by atoms with E-state index in [1.54, 1.807) is 0 Å². The molecule has 21 heavy (non-hydrogen) atoms. The molecule has 0 radical (unpaired) electrons. The zero-order valence-corrected chi connectivity index (χ0v) is 14.3. The largest absolute Gasteiger partial charge is 0.496 e. The standard InChI is InChI=1S/C18H30O3/c1-7-14-15(11(3)9-10-19-14)20-16-17(6)12(4)13(5)18(17,8-2)21-16/h9-16H,7-8H2,1-6H3. The van der Waals surface area contributed by atoms with Crippen molar-refractivity contribution in [3.63, 3.8) is 0 Å². The van der Waals surface area contributed by atoms with Gasteiger partial charge in [0.1, 0.15) is 12.2 Å². The van der Waals surface area contributed by atoms with E-state index in [9.17, 15) is 0 Å². The Labute approximate surface area is 129 Å². The van der Waals surface area contributed by atoms with E-state index in [-0.39, 0.29) is 29.5 Å². The van der Waals surface area contributed by atoms with Gasteiger partial charge in [0.2, 0.25) is 0 Å². The van der Waals surface area contributed by atoms with Crippen LogP contribution in [0.5, 0.6) is 0 Å². The van der Waals surface area contributed by atoms with Gasteiger partial charge in [0.15, 0.2) is 6.29 Å². The van der Waals surface area contributed by atoms with Gasteiger partial charge in [-0.1, -0.05) is 41.5 Å². The van der Waals surface area contributed by atoms with Gasteiger partial charge in [-0.15, -0.1) is 0 Å². The lowest BCUT2D eigenvalue weighted by Crippen LogP contribution is -2.83. The minimum absolute atomic E-state index is 0.0351. The number of hydrogen-bond acceptors (Lipinski definition) is 3. The molecule has 8 atom stereocenters. The van der Waals surface area contributed by atoms with Gasteiger partial charge in [0.05, 0.1) is 17.3 Å². The van der Waals surface area contributed by atoms with Gasteiger partial charge in [-0.3, -0.25) is 0 Å². The maximum atomic E-state index is 6.43. The van der Waals surface area contributed by atoms with E-state index in [4.69, 9.17) is 14.2 Å². The molecule has 2 aliphatic heterocycles. The van der Waals surface area contributed by atoms with E-state index in [1.165, 1.54) is 0 Å². The Morgan fingerprint density at radius 2 is 1.86 bits per heavy atom. The van der Waals surface area contributed by atoms with Gasteiger partial charge >= 0.3 is 0 Å². The van der Waals surface area contributed by atoms with Gasteiger partial charge in [-0.05, 0) is 30.8 Å². The summed E-state index contributed by atoms with van der Waals surface area (Å²) in [6.45, 7) is 13.6. The molecule has 1 saturated carbocycles. The average Bonchev–Trinajstić information content (AvgIpc) is 2.49. The van der Waals surface area contributed by atoms with Gasteiger partial charge in [-0.25, -0.2) is 0 Å². The van der Waals surface area contributed by atoms with Crippen LogP contribution in [0.25, 0.3) is 0 Å². The number of hydrogen-bond donors (Lipinski definition) is 0. The van der Waals surface area contributed by atoms with Crippen molar-refractivity contribution in [3.05, 3.63) is 12.3 Å². The molecule has 0 amide bonds. The van der Waals surface area contributed by atoms with Crippen molar-refractivity contribution in [2.45, 2.75) is 78.5 Å². The van der Waals surface area contributed by atoms with Crippen LogP contribution in [0.15, 0.2) is 12.3 Å². The highest BCUT2D eigenvalue weighted by molar-refractivity contribution is 5.22. The lowest BCUT2D eigenvalue weighted by atomic mass is 9.41. The zero-order chi connectivity index (χ0) is 15.4. The van der Waals surface area contributed by atoms with Crippen molar-refractivity contribution >= 4 is 0 Å². The molecule has 0 N–H and O–H groups in total. The summed E-state index contributed by atoms with van der Waals surface area (Å²) in [4.78, 5) is 0. The molecular formula is C18H30O3. The summed E-state index contributed by atoms with van der Waals surface area (Å²) in [7, 11) is 0. The van der Waals surface area contributed by atoms with Crippen LogP contribution in [0, 0.1) is 23.2 Å². The summed E-state index contributed by atoms with van der Waals surface area (Å²) in [5, 5.41) is 0. The minimum Gasteiger partial charge on any atom is -0.496 e. The molecule has 120 valence electrons. The van der Waals surface area contributed by atoms with Crippen molar-refractivity contribution < 1.29 is 14.2 Å². The smallest absolute Gasteiger partial charge is 0.167 e. The first kappa shape index (κ1) is 15.4. The number of ether oxygens (including phenoxy) is 3. The predicted octanol–water partition coefficient (Wildman–Crippen LogP) is 4.13. The van der Waals surface area contributed by atoms with Crippen molar-refractivity contribution in [2.75, 3.05) is 0 Å². The van der Waals surface area contributed by atoms with Gasteiger partial charge in [-0.2, -0.15) is 0 Å². The summed E-state index contributed by atoms with van der Waals surface area (Å²) < 4.78 is 18.5. The molecule has 3 aliphatic rings. The molecule has 3 heteroatoms. The summed E-state index contributed by atoms with van der Waals surface area (Å²) in [6.07, 6.45) is 6.11. The SMILES string of the molecule is CCC1OC=CC(C)C1OC1OC2(CC)C(C)C(C)C12C. The van der Waals surface area contributed by atoms with E-state index < -0.39 is 0 Å². The molecule has 0 spiro atoms. The molecule has 2 heterocycles. The van der Waals surface area contributed by atoms with E-state index in [2.05, 4.69) is 47.6 Å². The number of fused-ring (bicyclic) bond motifs is 1. The molecule has 2 fully saturated rings. The average molecular weight is 294 g/mol. The van der Waals surface area contributed by atoms with Crippen LogP contribution in [0.2, 0.25) is 0 Å². The molecule has 8 unspecified atom stereocenters. The lowest BCUT2D eigenvalue weighted by Gasteiger charge is -2.76. The molecule has 3 rings (SSSR count).